The van der Waals surface area contributed by atoms with Crippen molar-refractivity contribution in [1.29, 1.82) is 5.26 Å². The van der Waals surface area contributed by atoms with Crippen LogP contribution in [0.25, 0.3) is 5.69 Å². The number of nitriles is 1. The molecule has 0 unspecified atom stereocenters. The van der Waals surface area contributed by atoms with Crippen LogP contribution in [0.4, 0.5) is 0 Å². The Labute approximate surface area is 189 Å². The van der Waals surface area contributed by atoms with E-state index >= 15 is 0 Å². The predicted molar refractivity (Wildman–Crippen MR) is 120 cm³/mol. The molecule has 2 aromatic carbocycles. The number of carbonyl (C=O) groups is 1. The molecule has 0 aliphatic carbocycles. The lowest BCUT2D eigenvalue weighted by Gasteiger charge is -2.13. The summed E-state index contributed by atoms with van der Waals surface area (Å²) in [5.41, 5.74) is 2.40. The minimum Gasteiger partial charge on any atom is -0.497 e. The summed E-state index contributed by atoms with van der Waals surface area (Å²) in [5.74, 6) is 0.765. The summed E-state index contributed by atoms with van der Waals surface area (Å²) in [6.07, 6.45) is 1.40. The number of hydrogen-bond acceptors (Lipinski definition) is 8. The number of para-hydroxylation sites is 2. The first-order valence-corrected chi connectivity index (χ1v) is 9.68. The van der Waals surface area contributed by atoms with Crippen molar-refractivity contribution in [3.8, 4) is 29.0 Å². The van der Waals surface area contributed by atoms with Crippen LogP contribution in [0.3, 0.4) is 0 Å². The van der Waals surface area contributed by atoms with E-state index < -0.39 is 11.5 Å². The van der Waals surface area contributed by atoms with Crippen molar-refractivity contribution in [1.82, 2.24) is 15.2 Å². The predicted octanol–water partition coefficient (Wildman–Crippen LogP) is 2.20. The summed E-state index contributed by atoms with van der Waals surface area (Å²) in [6.45, 7) is 1.48. The zero-order valence-corrected chi connectivity index (χ0v) is 18.4. The first-order chi connectivity index (χ1) is 15.9. The van der Waals surface area contributed by atoms with Crippen molar-refractivity contribution in [3.63, 3.8) is 0 Å². The van der Waals surface area contributed by atoms with Crippen molar-refractivity contribution >= 4 is 12.1 Å². The van der Waals surface area contributed by atoms with Crippen LogP contribution in [0, 0.1) is 18.3 Å². The highest BCUT2D eigenvalue weighted by Gasteiger charge is 2.21. The standard InChI is InChI=1S/C23H21N5O5/c1-14-17(12-24)23(30)28(18-7-5-6-8-19(18)32-3)27-21(14)22(29)26-25-13-15-9-10-16(31-2)11-20(15)33-4/h5-11,13H,1-4H3,(H,26,29)/b25-13+. The van der Waals surface area contributed by atoms with Gasteiger partial charge in [-0.25, -0.2) is 5.43 Å². The van der Waals surface area contributed by atoms with Gasteiger partial charge in [0.2, 0.25) is 0 Å². The SMILES string of the molecule is COc1ccc(/C=N/NC(=O)c2nn(-c3ccccc3OC)c(=O)c(C#N)c2C)c(OC)c1. The number of hydrazone groups is 1. The summed E-state index contributed by atoms with van der Waals surface area (Å²) in [5, 5.41) is 17.7. The largest absolute Gasteiger partial charge is 0.497 e. The Kier molecular flexibility index (Phi) is 7.05. The molecule has 0 bridgehead atoms. The van der Waals surface area contributed by atoms with Gasteiger partial charge in [0.05, 0.1) is 27.5 Å². The normalized spacial score (nSPS) is 10.5. The van der Waals surface area contributed by atoms with Crippen molar-refractivity contribution in [2.75, 3.05) is 21.3 Å². The molecule has 0 saturated carbocycles. The summed E-state index contributed by atoms with van der Waals surface area (Å²) < 4.78 is 16.7. The third kappa shape index (κ3) is 4.67. The lowest BCUT2D eigenvalue weighted by molar-refractivity contribution is 0.0947. The molecule has 1 N–H and O–H groups in total. The lowest BCUT2D eigenvalue weighted by atomic mass is 10.1. The minimum atomic E-state index is -0.698. The second kappa shape index (κ2) is 10.1. The van der Waals surface area contributed by atoms with Gasteiger partial charge < -0.3 is 14.2 Å². The van der Waals surface area contributed by atoms with Gasteiger partial charge in [0, 0.05) is 17.2 Å². The molecular formula is C23H21N5O5. The van der Waals surface area contributed by atoms with E-state index in [0.717, 1.165) is 4.68 Å². The Morgan fingerprint density at radius 3 is 2.52 bits per heavy atom. The lowest BCUT2D eigenvalue weighted by Crippen LogP contribution is -2.31. The molecule has 1 amide bonds. The van der Waals surface area contributed by atoms with Crippen LogP contribution in [-0.2, 0) is 0 Å². The van der Waals surface area contributed by atoms with Gasteiger partial charge in [0.15, 0.2) is 5.69 Å². The zero-order valence-electron chi connectivity index (χ0n) is 18.4. The van der Waals surface area contributed by atoms with Crippen molar-refractivity contribution in [3.05, 3.63) is 75.2 Å². The topological polar surface area (TPSA) is 128 Å². The van der Waals surface area contributed by atoms with Gasteiger partial charge in [-0.05, 0) is 31.2 Å². The highest BCUT2D eigenvalue weighted by molar-refractivity contribution is 5.95. The van der Waals surface area contributed by atoms with E-state index in [1.54, 1.807) is 42.5 Å². The molecule has 1 aromatic heterocycles. The molecule has 168 valence electrons. The minimum absolute atomic E-state index is 0.129. The van der Waals surface area contributed by atoms with E-state index in [2.05, 4.69) is 15.6 Å². The first-order valence-electron chi connectivity index (χ1n) is 9.68. The van der Waals surface area contributed by atoms with E-state index in [9.17, 15) is 14.9 Å². The van der Waals surface area contributed by atoms with Crippen LogP contribution in [0.5, 0.6) is 17.2 Å². The van der Waals surface area contributed by atoms with Gasteiger partial charge in [-0.2, -0.15) is 20.1 Å². The monoisotopic (exact) mass is 447 g/mol. The smallest absolute Gasteiger partial charge is 0.292 e. The fraction of sp³-hybridized carbons (Fsp3) is 0.174. The highest BCUT2D eigenvalue weighted by Crippen LogP contribution is 2.23. The maximum Gasteiger partial charge on any atom is 0.292 e. The number of benzene rings is 2. The molecule has 0 spiro atoms. The van der Waals surface area contributed by atoms with E-state index in [0.29, 0.717) is 28.5 Å². The Morgan fingerprint density at radius 2 is 1.85 bits per heavy atom. The number of aromatic nitrogens is 2. The summed E-state index contributed by atoms with van der Waals surface area (Å²) >= 11 is 0. The molecule has 0 saturated heterocycles. The van der Waals surface area contributed by atoms with Gasteiger partial charge in [0.25, 0.3) is 11.5 Å². The summed E-state index contributed by atoms with van der Waals surface area (Å²) in [7, 11) is 4.49. The van der Waals surface area contributed by atoms with E-state index in [1.165, 1.54) is 34.5 Å². The van der Waals surface area contributed by atoms with E-state index in [-0.39, 0.29) is 16.8 Å². The molecule has 1 heterocycles. The second-order valence-corrected chi connectivity index (χ2v) is 6.66. The molecule has 3 aromatic rings. The molecular weight excluding hydrogens is 426 g/mol. The Hall–Kier alpha value is -4.65. The molecule has 0 aliphatic heterocycles. The Bertz CT molecular complexity index is 1320. The van der Waals surface area contributed by atoms with E-state index in [1.807, 2.05) is 6.07 Å². The van der Waals surface area contributed by atoms with Gasteiger partial charge in [-0.1, -0.05) is 12.1 Å². The number of hydrogen-bond donors (Lipinski definition) is 1. The van der Waals surface area contributed by atoms with Crippen molar-refractivity contribution < 1.29 is 19.0 Å². The van der Waals surface area contributed by atoms with E-state index in [4.69, 9.17) is 14.2 Å². The molecule has 0 atom stereocenters. The van der Waals surface area contributed by atoms with Crippen molar-refractivity contribution in [2.24, 2.45) is 5.10 Å². The highest BCUT2D eigenvalue weighted by atomic mass is 16.5. The maximum absolute atomic E-state index is 12.8. The van der Waals surface area contributed by atoms with Crippen LogP contribution in [0.2, 0.25) is 0 Å². The van der Waals surface area contributed by atoms with Gasteiger partial charge in [-0.3, -0.25) is 9.59 Å². The van der Waals surface area contributed by atoms with Gasteiger partial charge in [0.1, 0.15) is 34.6 Å². The average Bonchev–Trinajstić information content (AvgIpc) is 2.84. The third-order valence-electron chi connectivity index (χ3n) is 4.79. The van der Waals surface area contributed by atoms with Crippen LogP contribution < -0.4 is 25.2 Å². The molecule has 10 heteroatoms. The summed E-state index contributed by atoms with van der Waals surface area (Å²) in [4.78, 5) is 25.7. The van der Waals surface area contributed by atoms with Gasteiger partial charge >= 0.3 is 0 Å². The van der Waals surface area contributed by atoms with Crippen LogP contribution in [0.1, 0.15) is 27.2 Å². The molecule has 33 heavy (non-hydrogen) atoms. The molecule has 0 fully saturated rings. The number of methoxy groups -OCH3 is 3. The third-order valence-corrected chi connectivity index (χ3v) is 4.79. The molecule has 0 aliphatic rings. The zero-order chi connectivity index (χ0) is 24.0. The molecule has 3 rings (SSSR count). The number of ether oxygens (including phenoxy) is 3. The van der Waals surface area contributed by atoms with Crippen molar-refractivity contribution in [2.45, 2.75) is 6.92 Å². The number of nitrogens with one attached hydrogen (secondary N) is 1. The number of amides is 1. The summed E-state index contributed by atoms with van der Waals surface area (Å²) in [6, 6.07) is 13.6. The average molecular weight is 447 g/mol. The second-order valence-electron chi connectivity index (χ2n) is 6.66. The molecule has 0 radical (unpaired) electrons. The number of rotatable bonds is 7. The Morgan fingerprint density at radius 1 is 1.12 bits per heavy atom. The number of nitrogens with zero attached hydrogens (tertiary/aromatic N) is 4. The number of carbonyl (C=O) groups excluding carboxylic acids is 1. The Balaban J connectivity index is 1.98. The fourth-order valence-electron chi connectivity index (χ4n) is 3.06. The fourth-order valence-corrected chi connectivity index (χ4v) is 3.06. The molecule has 10 nitrogen and oxygen atoms in total. The van der Waals surface area contributed by atoms with Crippen LogP contribution in [0.15, 0.2) is 52.4 Å². The van der Waals surface area contributed by atoms with Crippen LogP contribution >= 0.6 is 0 Å². The van der Waals surface area contributed by atoms with Crippen LogP contribution in [-0.4, -0.2) is 43.2 Å². The first kappa shape index (κ1) is 23.0. The quantitative estimate of drug-likeness (QED) is 0.434. The van der Waals surface area contributed by atoms with Gasteiger partial charge in [-0.15, -0.1) is 0 Å². The maximum atomic E-state index is 12.8.